The van der Waals surface area contributed by atoms with E-state index >= 15 is 0 Å². The molecule has 0 spiro atoms. The van der Waals surface area contributed by atoms with Gasteiger partial charge in [0.25, 0.3) is 5.91 Å². The van der Waals surface area contributed by atoms with Gasteiger partial charge in [-0.2, -0.15) is 5.10 Å². The van der Waals surface area contributed by atoms with Crippen molar-refractivity contribution in [1.82, 2.24) is 35.0 Å². The van der Waals surface area contributed by atoms with Crippen LogP contribution in [0.4, 0.5) is 4.39 Å². The van der Waals surface area contributed by atoms with Crippen LogP contribution in [0.1, 0.15) is 17.4 Å². The maximum Gasteiger partial charge on any atom is 0.270 e. The molecule has 162 valence electrons. The highest BCUT2D eigenvalue weighted by Gasteiger charge is 2.17. The van der Waals surface area contributed by atoms with Crippen molar-refractivity contribution in [2.24, 2.45) is 7.05 Å². The molecule has 0 unspecified atom stereocenters. The van der Waals surface area contributed by atoms with Gasteiger partial charge in [0.1, 0.15) is 11.5 Å². The summed E-state index contributed by atoms with van der Waals surface area (Å²) in [5.41, 5.74) is 2.48. The number of nitrogens with one attached hydrogen (secondary N) is 1. The Kier molecular flexibility index (Phi) is 5.95. The van der Waals surface area contributed by atoms with E-state index in [1.54, 1.807) is 55.6 Å². The number of aliphatic hydroxyl groups excluding tert-OH is 1. The fraction of sp³-hybridized carbons (Fsp3) is 0.182. The van der Waals surface area contributed by atoms with Crippen LogP contribution in [-0.2, 0) is 7.05 Å². The summed E-state index contributed by atoms with van der Waals surface area (Å²) in [4.78, 5) is 30.3. The molecule has 3 aromatic heterocycles. The monoisotopic (exact) mass is 433 g/mol. The molecular weight excluding hydrogens is 413 g/mol. The lowest BCUT2D eigenvalue weighted by molar-refractivity contribution is 0.0917. The van der Waals surface area contributed by atoms with E-state index in [-0.39, 0.29) is 18.1 Å². The molecule has 1 amide bonds. The van der Waals surface area contributed by atoms with Gasteiger partial charge in [0.15, 0.2) is 11.6 Å². The number of benzene rings is 1. The molecule has 3 heterocycles. The van der Waals surface area contributed by atoms with E-state index in [9.17, 15) is 14.3 Å². The predicted molar refractivity (Wildman–Crippen MR) is 115 cm³/mol. The number of aliphatic hydroxyl groups is 1. The molecule has 1 atom stereocenters. The minimum Gasteiger partial charge on any atom is -0.394 e. The normalized spacial score (nSPS) is 11.9. The van der Waals surface area contributed by atoms with Crippen LogP contribution in [0.15, 0.2) is 55.1 Å². The van der Waals surface area contributed by atoms with E-state index < -0.39 is 11.9 Å². The third-order valence-electron chi connectivity index (χ3n) is 4.62. The van der Waals surface area contributed by atoms with Gasteiger partial charge >= 0.3 is 0 Å². The zero-order chi connectivity index (χ0) is 22.7. The number of halogens is 1. The number of aryl methyl sites for hydroxylation is 1. The average Bonchev–Trinajstić information content (AvgIpc) is 3.25. The molecule has 0 aliphatic heterocycles. The van der Waals surface area contributed by atoms with Gasteiger partial charge in [-0.05, 0) is 37.3 Å². The molecule has 0 aliphatic rings. The Morgan fingerprint density at radius 1 is 1.06 bits per heavy atom. The molecule has 4 aromatic rings. The van der Waals surface area contributed by atoms with Crippen LogP contribution < -0.4 is 5.32 Å². The Bertz CT molecular complexity index is 1240. The number of amides is 1. The highest BCUT2D eigenvalue weighted by Crippen LogP contribution is 2.23. The zero-order valence-corrected chi connectivity index (χ0v) is 17.4. The summed E-state index contributed by atoms with van der Waals surface area (Å²) in [7, 11) is 1.77. The minimum atomic E-state index is -0.441. The summed E-state index contributed by atoms with van der Waals surface area (Å²) in [6, 6.07) is 6.99. The number of carbonyl (C=O) groups is 1. The molecule has 10 heteroatoms. The van der Waals surface area contributed by atoms with Crippen LogP contribution in [0.25, 0.3) is 34.0 Å². The molecule has 0 radical (unpaired) electrons. The van der Waals surface area contributed by atoms with Gasteiger partial charge in [-0.25, -0.2) is 24.3 Å². The Hall–Kier alpha value is -4.05. The van der Waals surface area contributed by atoms with Gasteiger partial charge in [0, 0.05) is 42.8 Å². The molecule has 1 aromatic carbocycles. The van der Waals surface area contributed by atoms with Gasteiger partial charge in [-0.1, -0.05) is 0 Å². The zero-order valence-electron chi connectivity index (χ0n) is 17.4. The van der Waals surface area contributed by atoms with Crippen LogP contribution in [0.5, 0.6) is 0 Å². The average molecular weight is 433 g/mol. The quantitative estimate of drug-likeness (QED) is 0.479. The van der Waals surface area contributed by atoms with Crippen molar-refractivity contribution in [2.75, 3.05) is 6.61 Å². The lowest BCUT2D eigenvalue weighted by atomic mass is 10.1. The van der Waals surface area contributed by atoms with Crippen molar-refractivity contribution in [2.45, 2.75) is 13.0 Å². The molecule has 4 rings (SSSR count). The lowest BCUT2D eigenvalue weighted by Crippen LogP contribution is -2.35. The second-order valence-electron chi connectivity index (χ2n) is 7.22. The van der Waals surface area contributed by atoms with E-state index in [1.807, 2.05) is 0 Å². The number of nitrogens with zero attached hydrogens (tertiary/aromatic N) is 6. The Labute approximate surface area is 183 Å². The maximum absolute atomic E-state index is 13.2. The predicted octanol–water partition coefficient (Wildman–Crippen LogP) is 2.25. The van der Waals surface area contributed by atoms with Crippen molar-refractivity contribution in [3.8, 4) is 34.0 Å². The summed E-state index contributed by atoms with van der Waals surface area (Å²) in [5, 5.41) is 16.1. The second kappa shape index (κ2) is 8.98. The molecule has 0 aliphatic carbocycles. The molecule has 0 saturated carbocycles. The second-order valence-corrected chi connectivity index (χ2v) is 7.22. The molecule has 9 nitrogen and oxygen atoms in total. The van der Waals surface area contributed by atoms with Crippen molar-refractivity contribution in [1.29, 1.82) is 0 Å². The lowest BCUT2D eigenvalue weighted by Gasteiger charge is -2.12. The van der Waals surface area contributed by atoms with Crippen LogP contribution >= 0.6 is 0 Å². The Morgan fingerprint density at radius 2 is 1.78 bits per heavy atom. The number of carbonyl (C=O) groups excluding carboxylic acids is 1. The third kappa shape index (κ3) is 4.65. The third-order valence-corrected chi connectivity index (χ3v) is 4.62. The van der Waals surface area contributed by atoms with Crippen LogP contribution in [0.3, 0.4) is 0 Å². The van der Waals surface area contributed by atoms with Crippen molar-refractivity contribution in [3.05, 3.63) is 66.6 Å². The number of hydrogen-bond donors (Lipinski definition) is 2. The number of aromatic nitrogens is 6. The summed E-state index contributed by atoms with van der Waals surface area (Å²) in [6.45, 7) is 1.49. The molecule has 0 fully saturated rings. The largest absolute Gasteiger partial charge is 0.394 e. The first-order chi connectivity index (χ1) is 15.4. The first kappa shape index (κ1) is 21.2. The van der Waals surface area contributed by atoms with Gasteiger partial charge in [0.2, 0.25) is 0 Å². The summed E-state index contributed by atoms with van der Waals surface area (Å²) < 4.78 is 14.8. The summed E-state index contributed by atoms with van der Waals surface area (Å²) in [5.74, 6) is -0.0233. The van der Waals surface area contributed by atoms with Crippen molar-refractivity contribution >= 4 is 5.91 Å². The summed E-state index contributed by atoms with van der Waals surface area (Å²) >= 11 is 0. The first-order valence-electron chi connectivity index (χ1n) is 9.81. The first-order valence-corrected chi connectivity index (χ1v) is 9.81. The Balaban J connectivity index is 1.72. The maximum atomic E-state index is 13.2. The van der Waals surface area contributed by atoms with Gasteiger partial charge < -0.3 is 10.4 Å². The van der Waals surface area contributed by atoms with E-state index in [4.69, 9.17) is 0 Å². The Morgan fingerprint density at radius 3 is 2.41 bits per heavy atom. The van der Waals surface area contributed by atoms with Gasteiger partial charge in [-0.3, -0.25) is 9.48 Å². The summed E-state index contributed by atoms with van der Waals surface area (Å²) in [6.07, 6.45) is 6.51. The molecule has 0 saturated heterocycles. The fourth-order valence-electron chi connectivity index (χ4n) is 2.93. The fourth-order valence-corrected chi connectivity index (χ4v) is 2.93. The van der Waals surface area contributed by atoms with Crippen LogP contribution in [0.2, 0.25) is 0 Å². The molecule has 2 N–H and O–H groups in total. The van der Waals surface area contributed by atoms with E-state index in [0.717, 1.165) is 0 Å². The number of rotatable bonds is 6. The van der Waals surface area contributed by atoms with Crippen LogP contribution in [-0.4, -0.2) is 53.4 Å². The van der Waals surface area contributed by atoms with E-state index in [1.165, 1.54) is 18.2 Å². The standard InChI is InChI=1S/C22H20FN7O2/c1-13(12-31)27-22(32)19-7-18(28-21(29-19)16-10-26-30(2)11-16)15-8-24-20(25-9-15)14-3-5-17(23)6-4-14/h3-11,13,31H,12H2,1-2H3,(H,27,32)/t13-/m0/s1. The van der Waals surface area contributed by atoms with Gasteiger partial charge in [-0.15, -0.1) is 0 Å². The van der Waals surface area contributed by atoms with Crippen LogP contribution in [0, 0.1) is 5.82 Å². The number of hydrogen-bond acceptors (Lipinski definition) is 7. The molecule has 32 heavy (non-hydrogen) atoms. The highest BCUT2D eigenvalue weighted by atomic mass is 19.1. The van der Waals surface area contributed by atoms with Gasteiger partial charge in [0.05, 0.1) is 24.1 Å². The highest BCUT2D eigenvalue weighted by molar-refractivity contribution is 5.94. The van der Waals surface area contributed by atoms with E-state index in [2.05, 4.69) is 30.4 Å². The topological polar surface area (TPSA) is 119 Å². The van der Waals surface area contributed by atoms with E-state index in [0.29, 0.717) is 34.0 Å². The smallest absolute Gasteiger partial charge is 0.270 e. The molecular formula is C22H20FN7O2. The minimum absolute atomic E-state index is 0.136. The molecule has 0 bridgehead atoms. The van der Waals surface area contributed by atoms with Crippen molar-refractivity contribution < 1.29 is 14.3 Å². The SMILES string of the molecule is C[C@@H](CO)NC(=O)c1cc(-c2cnc(-c3ccc(F)cc3)nc2)nc(-c2cnn(C)c2)n1. The van der Waals surface area contributed by atoms with Crippen molar-refractivity contribution in [3.63, 3.8) is 0 Å².